The smallest absolute Gasteiger partial charge is 0.257 e. The molecule has 1 radical (unpaired) electrons. The molecule has 1 aromatic heterocycles. The molecule has 6 heteroatoms. The Kier molecular flexibility index (Phi) is 6.16. The molecule has 0 unspecified atom stereocenters. The Labute approximate surface area is 182 Å². The van der Waals surface area contributed by atoms with E-state index in [-0.39, 0.29) is 11.4 Å². The number of benzene rings is 2. The molecule has 6 nitrogen and oxygen atoms in total. The van der Waals surface area contributed by atoms with Gasteiger partial charge in [-0.1, -0.05) is 30.3 Å². The normalized spacial score (nSPS) is 14.5. The first-order valence-electron chi connectivity index (χ1n) is 10.5. The fraction of sp³-hybridized carbons (Fsp3) is 0.320. The Morgan fingerprint density at radius 2 is 1.87 bits per heavy atom. The summed E-state index contributed by atoms with van der Waals surface area (Å²) in [5, 5.41) is 9.82. The van der Waals surface area contributed by atoms with Gasteiger partial charge >= 0.3 is 0 Å². The minimum atomic E-state index is -0.179. The zero-order chi connectivity index (χ0) is 21.8. The molecule has 2 heterocycles. The minimum Gasteiger partial charge on any atom is -0.504 e. The lowest BCUT2D eigenvalue weighted by Crippen LogP contribution is -2.34. The van der Waals surface area contributed by atoms with E-state index in [2.05, 4.69) is 45.2 Å². The Hall–Kier alpha value is -3.41. The summed E-state index contributed by atoms with van der Waals surface area (Å²) in [6.07, 6.45) is 4.40. The van der Waals surface area contributed by atoms with Crippen LogP contribution in [0, 0.1) is 12.8 Å². The molecule has 0 bridgehead atoms. The van der Waals surface area contributed by atoms with E-state index in [1.165, 1.54) is 0 Å². The lowest BCUT2D eigenvalue weighted by Gasteiger charge is -2.33. The van der Waals surface area contributed by atoms with Gasteiger partial charge < -0.3 is 14.7 Å². The third-order valence-electron chi connectivity index (χ3n) is 5.92. The molecular weight excluding hydrogens is 390 g/mol. The van der Waals surface area contributed by atoms with Crippen molar-refractivity contribution in [3.8, 4) is 22.6 Å². The minimum absolute atomic E-state index is 0.0504. The predicted octanol–water partition coefficient (Wildman–Crippen LogP) is 4.08. The van der Waals surface area contributed by atoms with Gasteiger partial charge in [0.25, 0.3) is 6.29 Å². The van der Waals surface area contributed by atoms with Crippen molar-refractivity contribution in [2.24, 2.45) is 5.92 Å². The number of nitrogens with zero attached hydrogens (tertiary/aromatic N) is 3. The molecule has 3 aromatic rings. The van der Waals surface area contributed by atoms with Crippen LogP contribution in [0.15, 0.2) is 48.5 Å². The highest BCUT2D eigenvalue weighted by Crippen LogP contribution is 2.35. The van der Waals surface area contributed by atoms with Crippen molar-refractivity contribution in [1.82, 2.24) is 9.97 Å². The first kappa shape index (κ1) is 20.8. The number of ether oxygens (including phenoxy) is 1. The van der Waals surface area contributed by atoms with Gasteiger partial charge in [0.2, 0.25) is 0 Å². The van der Waals surface area contributed by atoms with Crippen molar-refractivity contribution in [2.45, 2.75) is 26.2 Å². The van der Waals surface area contributed by atoms with Gasteiger partial charge in [0.05, 0.1) is 12.8 Å². The lowest BCUT2D eigenvalue weighted by atomic mass is 9.92. The summed E-state index contributed by atoms with van der Waals surface area (Å²) in [5.74, 6) is 1.73. The van der Waals surface area contributed by atoms with Crippen LogP contribution in [0.25, 0.3) is 11.1 Å². The van der Waals surface area contributed by atoms with Crippen molar-refractivity contribution in [3.63, 3.8) is 0 Å². The van der Waals surface area contributed by atoms with Gasteiger partial charge in [0.1, 0.15) is 11.6 Å². The molecule has 1 saturated heterocycles. The number of aromatic nitrogens is 2. The van der Waals surface area contributed by atoms with Crippen molar-refractivity contribution in [2.75, 3.05) is 25.1 Å². The molecule has 1 N–H and O–H groups in total. The summed E-state index contributed by atoms with van der Waals surface area (Å²) in [5.41, 5.74) is 3.76. The standard InChI is InChI=1S/C25H26N3O3/c1-17-25(30)22(16-29)27-24(26-17)14-18-10-12-28(13-11-18)20-8-9-21(23(15-20)31-2)19-6-4-3-5-7-19/h3-9,15,18,30H,10-14H2,1-2H3. The van der Waals surface area contributed by atoms with Gasteiger partial charge in [-0.2, -0.15) is 0 Å². The van der Waals surface area contributed by atoms with Gasteiger partial charge in [0.15, 0.2) is 11.4 Å². The molecule has 0 amide bonds. The van der Waals surface area contributed by atoms with E-state index in [1.807, 2.05) is 18.2 Å². The molecule has 1 fully saturated rings. The summed E-state index contributed by atoms with van der Waals surface area (Å²) in [6.45, 7) is 3.54. The zero-order valence-electron chi connectivity index (χ0n) is 17.8. The molecule has 0 atom stereocenters. The van der Waals surface area contributed by atoms with Crippen molar-refractivity contribution in [3.05, 3.63) is 65.7 Å². The lowest BCUT2D eigenvalue weighted by molar-refractivity contribution is 0.393. The molecule has 159 valence electrons. The number of methoxy groups -OCH3 is 1. The van der Waals surface area contributed by atoms with Crippen LogP contribution in [-0.2, 0) is 11.2 Å². The maximum absolute atomic E-state index is 11.0. The average molecular weight is 417 g/mol. The van der Waals surface area contributed by atoms with E-state index in [1.54, 1.807) is 20.3 Å². The van der Waals surface area contributed by atoms with Crippen LogP contribution in [0.2, 0.25) is 0 Å². The number of carbonyl (C=O) groups excluding carboxylic acids is 1. The average Bonchev–Trinajstić information content (AvgIpc) is 2.82. The highest BCUT2D eigenvalue weighted by Gasteiger charge is 2.22. The van der Waals surface area contributed by atoms with E-state index in [0.29, 0.717) is 23.9 Å². The Balaban J connectivity index is 1.43. The fourth-order valence-corrected chi connectivity index (χ4v) is 4.17. The highest BCUT2D eigenvalue weighted by atomic mass is 16.5. The fourth-order valence-electron chi connectivity index (χ4n) is 4.17. The quantitative estimate of drug-likeness (QED) is 0.653. The molecule has 4 rings (SSSR count). The van der Waals surface area contributed by atoms with E-state index < -0.39 is 0 Å². The molecule has 0 spiro atoms. The molecule has 2 aromatic carbocycles. The maximum Gasteiger partial charge on any atom is 0.257 e. The van der Waals surface area contributed by atoms with E-state index in [0.717, 1.165) is 48.5 Å². The van der Waals surface area contributed by atoms with Crippen LogP contribution in [0.4, 0.5) is 5.69 Å². The molecule has 1 aliphatic rings. The number of hydrogen-bond acceptors (Lipinski definition) is 6. The first-order chi connectivity index (χ1) is 15.1. The topological polar surface area (TPSA) is 75.6 Å². The van der Waals surface area contributed by atoms with Crippen LogP contribution < -0.4 is 9.64 Å². The molecule has 0 aliphatic carbocycles. The van der Waals surface area contributed by atoms with E-state index in [4.69, 9.17) is 4.74 Å². The van der Waals surface area contributed by atoms with Crippen LogP contribution in [-0.4, -0.2) is 41.6 Å². The molecule has 0 saturated carbocycles. The Morgan fingerprint density at radius 1 is 1.13 bits per heavy atom. The second-order valence-corrected chi connectivity index (χ2v) is 7.91. The summed E-state index contributed by atoms with van der Waals surface area (Å²) in [7, 11) is 1.71. The van der Waals surface area contributed by atoms with Crippen LogP contribution in [0.5, 0.6) is 11.5 Å². The van der Waals surface area contributed by atoms with Gasteiger partial charge in [-0.05, 0) is 43.4 Å². The summed E-state index contributed by atoms with van der Waals surface area (Å²) >= 11 is 0. The number of rotatable bonds is 6. The SMILES string of the molecule is COc1cc(N2CCC(Cc3nc(C)c(O)c([C]=O)n3)CC2)ccc1-c1ccccc1. The number of aryl methyl sites for hydroxylation is 1. The van der Waals surface area contributed by atoms with Gasteiger partial charge in [0, 0.05) is 36.8 Å². The van der Waals surface area contributed by atoms with E-state index >= 15 is 0 Å². The second-order valence-electron chi connectivity index (χ2n) is 7.91. The number of aromatic hydroxyl groups is 1. The van der Waals surface area contributed by atoms with E-state index in [9.17, 15) is 9.90 Å². The Morgan fingerprint density at radius 3 is 2.55 bits per heavy atom. The van der Waals surface area contributed by atoms with Gasteiger partial charge in [-0.25, -0.2) is 9.97 Å². The summed E-state index contributed by atoms with van der Waals surface area (Å²) in [4.78, 5) is 21.9. The zero-order valence-corrected chi connectivity index (χ0v) is 17.8. The summed E-state index contributed by atoms with van der Waals surface area (Å²) in [6, 6.07) is 16.6. The number of hydrogen-bond donors (Lipinski definition) is 1. The predicted molar refractivity (Wildman–Crippen MR) is 120 cm³/mol. The number of piperidine rings is 1. The second kappa shape index (κ2) is 9.16. The molecule has 1 aliphatic heterocycles. The monoisotopic (exact) mass is 416 g/mol. The highest BCUT2D eigenvalue weighted by molar-refractivity contribution is 5.77. The van der Waals surface area contributed by atoms with Crippen molar-refractivity contribution in [1.29, 1.82) is 0 Å². The Bertz CT molecular complexity index is 1060. The van der Waals surface area contributed by atoms with Gasteiger partial charge in [-0.3, -0.25) is 4.79 Å². The first-order valence-corrected chi connectivity index (χ1v) is 10.5. The van der Waals surface area contributed by atoms with Gasteiger partial charge in [-0.15, -0.1) is 0 Å². The van der Waals surface area contributed by atoms with Crippen LogP contribution in [0.1, 0.15) is 30.1 Å². The third kappa shape index (κ3) is 4.53. The van der Waals surface area contributed by atoms with Crippen molar-refractivity contribution >= 4 is 12.0 Å². The molecule has 31 heavy (non-hydrogen) atoms. The number of anilines is 1. The third-order valence-corrected chi connectivity index (χ3v) is 5.92. The van der Waals surface area contributed by atoms with Crippen molar-refractivity contribution < 1.29 is 14.6 Å². The van der Waals surface area contributed by atoms with Crippen LogP contribution >= 0.6 is 0 Å². The molecular formula is C25H26N3O3. The summed E-state index contributed by atoms with van der Waals surface area (Å²) < 4.78 is 5.68. The largest absolute Gasteiger partial charge is 0.504 e. The maximum atomic E-state index is 11.0. The van der Waals surface area contributed by atoms with Crippen LogP contribution in [0.3, 0.4) is 0 Å².